The molecule has 5 heteroatoms. The molecule has 2 aromatic rings. The van der Waals surface area contributed by atoms with Gasteiger partial charge in [0.1, 0.15) is 11.5 Å². The molecule has 1 fully saturated rings. The molecule has 1 aliphatic heterocycles. The fourth-order valence-electron chi connectivity index (χ4n) is 3.70. The molecule has 156 valence electrons. The van der Waals surface area contributed by atoms with Gasteiger partial charge in [-0.25, -0.2) is 0 Å². The molecule has 29 heavy (non-hydrogen) atoms. The molecule has 0 saturated carbocycles. The Hall–Kier alpha value is -2.53. The Kier molecular flexibility index (Phi) is 7.94. The van der Waals surface area contributed by atoms with E-state index in [2.05, 4.69) is 28.4 Å². The van der Waals surface area contributed by atoms with Crippen molar-refractivity contribution in [1.29, 1.82) is 0 Å². The number of hydrogen-bond acceptors (Lipinski definition) is 4. The van der Waals surface area contributed by atoms with Crippen LogP contribution in [0, 0.1) is 0 Å². The maximum atomic E-state index is 12.7. The molecule has 1 atom stereocenters. The quantitative estimate of drug-likeness (QED) is 0.692. The number of likely N-dealkylation sites (tertiary alicyclic amines) is 1. The molecule has 0 radical (unpaired) electrons. The number of methoxy groups -OCH3 is 1. The lowest BCUT2D eigenvalue weighted by atomic mass is 10.0. The minimum Gasteiger partial charge on any atom is -0.497 e. The summed E-state index contributed by atoms with van der Waals surface area (Å²) in [5.74, 6) is 1.25. The van der Waals surface area contributed by atoms with E-state index in [0.29, 0.717) is 24.5 Å². The molecule has 0 unspecified atom stereocenters. The first-order valence-electron chi connectivity index (χ1n) is 10.6. The summed E-state index contributed by atoms with van der Waals surface area (Å²) >= 11 is 0. The molecule has 1 saturated heterocycles. The van der Waals surface area contributed by atoms with Gasteiger partial charge in [0.25, 0.3) is 5.91 Å². The largest absolute Gasteiger partial charge is 0.497 e. The average Bonchev–Trinajstić information content (AvgIpc) is 2.77. The molecule has 1 N–H and O–H groups in total. The van der Waals surface area contributed by atoms with E-state index >= 15 is 0 Å². The minimum atomic E-state index is -0.531. The summed E-state index contributed by atoms with van der Waals surface area (Å²) in [6.07, 6.45) is 3.95. The summed E-state index contributed by atoms with van der Waals surface area (Å²) in [5.41, 5.74) is 2.46. The summed E-state index contributed by atoms with van der Waals surface area (Å²) in [6.45, 7) is 5.74. The van der Waals surface area contributed by atoms with Gasteiger partial charge < -0.3 is 14.8 Å². The van der Waals surface area contributed by atoms with Gasteiger partial charge in [-0.3, -0.25) is 9.69 Å². The number of rotatable bonds is 9. The van der Waals surface area contributed by atoms with Crippen molar-refractivity contribution in [2.75, 3.05) is 20.2 Å². The molecule has 3 rings (SSSR count). The van der Waals surface area contributed by atoms with E-state index in [4.69, 9.17) is 9.47 Å². The van der Waals surface area contributed by atoms with Crippen LogP contribution in [0.4, 0.5) is 0 Å². The third kappa shape index (κ3) is 6.23. The van der Waals surface area contributed by atoms with E-state index in [1.165, 1.54) is 30.4 Å². The fraction of sp³-hybridized carbons (Fsp3) is 0.458. The smallest absolute Gasteiger partial charge is 0.261 e. The Morgan fingerprint density at radius 2 is 1.76 bits per heavy atom. The van der Waals surface area contributed by atoms with Crippen molar-refractivity contribution in [2.45, 2.75) is 51.8 Å². The van der Waals surface area contributed by atoms with Gasteiger partial charge in [-0.2, -0.15) is 0 Å². The van der Waals surface area contributed by atoms with E-state index in [9.17, 15) is 4.79 Å². The number of amides is 1. The Morgan fingerprint density at radius 1 is 1.03 bits per heavy atom. The molecule has 0 aliphatic carbocycles. The Balaban J connectivity index is 1.58. The molecule has 1 aliphatic rings. The monoisotopic (exact) mass is 396 g/mol. The van der Waals surface area contributed by atoms with Crippen molar-refractivity contribution in [2.24, 2.45) is 0 Å². The average molecular weight is 397 g/mol. The van der Waals surface area contributed by atoms with Crippen molar-refractivity contribution in [3.05, 3.63) is 59.7 Å². The summed E-state index contributed by atoms with van der Waals surface area (Å²) < 4.78 is 11.1. The van der Waals surface area contributed by atoms with Gasteiger partial charge >= 0.3 is 0 Å². The normalized spacial score (nSPS) is 15.5. The predicted molar refractivity (Wildman–Crippen MR) is 115 cm³/mol. The van der Waals surface area contributed by atoms with Crippen LogP contribution in [0.3, 0.4) is 0 Å². The molecule has 0 spiro atoms. The van der Waals surface area contributed by atoms with Crippen LogP contribution in [0.1, 0.15) is 43.7 Å². The van der Waals surface area contributed by atoms with E-state index in [0.717, 1.165) is 19.6 Å². The highest BCUT2D eigenvalue weighted by molar-refractivity contribution is 5.81. The Morgan fingerprint density at radius 3 is 2.48 bits per heavy atom. The highest BCUT2D eigenvalue weighted by Crippen LogP contribution is 2.21. The number of ether oxygens (including phenoxy) is 2. The van der Waals surface area contributed by atoms with Crippen LogP contribution < -0.4 is 14.8 Å². The topological polar surface area (TPSA) is 50.8 Å². The van der Waals surface area contributed by atoms with Gasteiger partial charge in [-0.15, -0.1) is 0 Å². The maximum Gasteiger partial charge on any atom is 0.261 e. The highest BCUT2D eigenvalue weighted by atomic mass is 16.5. The van der Waals surface area contributed by atoms with Crippen LogP contribution in [0.25, 0.3) is 0 Å². The number of nitrogens with zero attached hydrogens (tertiary/aromatic N) is 1. The lowest BCUT2D eigenvalue weighted by Crippen LogP contribution is -2.38. The molecule has 0 bridgehead atoms. The third-order valence-corrected chi connectivity index (χ3v) is 5.40. The molecule has 2 aromatic carbocycles. The molecule has 1 amide bonds. The van der Waals surface area contributed by atoms with Crippen LogP contribution in [-0.4, -0.2) is 37.1 Å². The molecule has 1 heterocycles. The van der Waals surface area contributed by atoms with E-state index in [-0.39, 0.29) is 5.91 Å². The van der Waals surface area contributed by atoms with E-state index < -0.39 is 6.10 Å². The Labute approximate surface area is 174 Å². The minimum absolute atomic E-state index is 0.0944. The van der Waals surface area contributed by atoms with Crippen molar-refractivity contribution in [3.8, 4) is 11.5 Å². The SMILES string of the molecule is CC[C@H](Oc1cccc(OC)c1)C(=O)NCc1ccccc1CN1CCCCC1. The summed E-state index contributed by atoms with van der Waals surface area (Å²) in [5, 5.41) is 3.06. The summed E-state index contributed by atoms with van der Waals surface area (Å²) in [4.78, 5) is 15.2. The number of benzene rings is 2. The van der Waals surface area contributed by atoms with Gasteiger partial charge in [0.2, 0.25) is 0 Å². The van der Waals surface area contributed by atoms with Crippen LogP contribution in [0.2, 0.25) is 0 Å². The third-order valence-electron chi connectivity index (χ3n) is 5.40. The molecule has 5 nitrogen and oxygen atoms in total. The van der Waals surface area contributed by atoms with E-state index in [1.807, 2.05) is 31.2 Å². The maximum absolute atomic E-state index is 12.7. The first-order chi connectivity index (χ1) is 14.2. The van der Waals surface area contributed by atoms with Gasteiger partial charge in [-0.05, 0) is 55.6 Å². The van der Waals surface area contributed by atoms with Gasteiger partial charge in [0.05, 0.1) is 7.11 Å². The van der Waals surface area contributed by atoms with Crippen molar-refractivity contribution >= 4 is 5.91 Å². The van der Waals surface area contributed by atoms with Crippen LogP contribution in [0.15, 0.2) is 48.5 Å². The first kappa shape index (κ1) is 21.2. The van der Waals surface area contributed by atoms with Crippen molar-refractivity contribution < 1.29 is 14.3 Å². The first-order valence-corrected chi connectivity index (χ1v) is 10.6. The lowest BCUT2D eigenvalue weighted by Gasteiger charge is -2.27. The zero-order chi connectivity index (χ0) is 20.5. The summed E-state index contributed by atoms with van der Waals surface area (Å²) in [6, 6.07) is 15.7. The van der Waals surface area contributed by atoms with Crippen molar-refractivity contribution in [1.82, 2.24) is 10.2 Å². The second kappa shape index (κ2) is 10.9. The zero-order valence-electron chi connectivity index (χ0n) is 17.5. The van der Waals surface area contributed by atoms with Crippen LogP contribution in [0.5, 0.6) is 11.5 Å². The number of carbonyl (C=O) groups excluding carboxylic acids is 1. The van der Waals surface area contributed by atoms with Gasteiger partial charge in [-0.1, -0.05) is 43.7 Å². The number of piperidine rings is 1. The molecule has 0 aromatic heterocycles. The standard InChI is InChI=1S/C24H32N2O3/c1-3-23(29-22-13-9-12-21(16-22)28-2)24(27)25-17-19-10-5-6-11-20(19)18-26-14-7-4-8-15-26/h5-6,9-13,16,23H,3-4,7-8,14-15,17-18H2,1-2H3,(H,25,27)/t23-/m0/s1. The number of hydrogen-bond donors (Lipinski definition) is 1. The second-order valence-corrected chi connectivity index (χ2v) is 7.52. The van der Waals surface area contributed by atoms with Gasteiger partial charge in [0.15, 0.2) is 6.10 Å². The number of nitrogens with one attached hydrogen (secondary N) is 1. The highest BCUT2D eigenvalue weighted by Gasteiger charge is 2.19. The van der Waals surface area contributed by atoms with Crippen molar-refractivity contribution in [3.63, 3.8) is 0 Å². The van der Waals surface area contributed by atoms with Gasteiger partial charge in [0, 0.05) is 19.2 Å². The molecular formula is C24H32N2O3. The number of carbonyl (C=O) groups is 1. The molecular weight excluding hydrogens is 364 g/mol. The lowest BCUT2D eigenvalue weighted by molar-refractivity contribution is -0.128. The Bertz CT molecular complexity index is 787. The predicted octanol–water partition coefficient (Wildman–Crippen LogP) is 4.15. The summed E-state index contributed by atoms with van der Waals surface area (Å²) in [7, 11) is 1.62. The van der Waals surface area contributed by atoms with E-state index in [1.54, 1.807) is 13.2 Å². The van der Waals surface area contributed by atoms with Crippen LogP contribution >= 0.6 is 0 Å². The second-order valence-electron chi connectivity index (χ2n) is 7.52. The fourth-order valence-corrected chi connectivity index (χ4v) is 3.70. The zero-order valence-corrected chi connectivity index (χ0v) is 17.5. The van der Waals surface area contributed by atoms with Crippen LogP contribution in [-0.2, 0) is 17.9 Å².